The van der Waals surface area contributed by atoms with Crippen LogP contribution in [-0.4, -0.2) is 17.2 Å². The second-order valence-electron chi connectivity index (χ2n) is 10.4. The summed E-state index contributed by atoms with van der Waals surface area (Å²) in [5, 5.41) is 22.5. The Hall–Kier alpha value is -3.90. The molecule has 1 aromatic heterocycles. The minimum atomic E-state index is -1.54. The molecular formula is C33H26BNO2S. The van der Waals surface area contributed by atoms with E-state index >= 15 is 0 Å². The second kappa shape index (κ2) is 8.57. The van der Waals surface area contributed by atoms with Crippen LogP contribution in [0.2, 0.25) is 0 Å². The largest absolute Gasteiger partial charge is 0.488 e. The van der Waals surface area contributed by atoms with Gasteiger partial charge >= 0.3 is 7.12 Å². The van der Waals surface area contributed by atoms with Gasteiger partial charge in [0.15, 0.2) is 0 Å². The molecule has 0 atom stereocenters. The SMILES string of the molecule is CC1(C)c2ccccc2-c2cccc(N(c3cccc(B(O)O)c3)c3cccc4sc5ccccc5c34)c21. The molecule has 3 nitrogen and oxygen atoms in total. The van der Waals surface area contributed by atoms with E-state index in [0.29, 0.717) is 5.46 Å². The highest BCUT2D eigenvalue weighted by Crippen LogP contribution is 2.55. The van der Waals surface area contributed by atoms with Gasteiger partial charge in [-0.25, -0.2) is 0 Å². The van der Waals surface area contributed by atoms with Crippen LogP contribution in [0.4, 0.5) is 17.1 Å². The van der Waals surface area contributed by atoms with Crippen LogP contribution in [0.25, 0.3) is 31.3 Å². The molecule has 0 spiro atoms. The van der Waals surface area contributed by atoms with Crippen LogP contribution in [0.1, 0.15) is 25.0 Å². The molecule has 1 aliphatic rings. The van der Waals surface area contributed by atoms with Crippen molar-refractivity contribution in [2.24, 2.45) is 0 Å². The highest BCUT2D eigenvalue weighted by Gasteiger charge is 2.39. The summed E-state index contributed by atoms with van der Waals surface area (Å²) in [6, 6.07) is 37.8. The summed E-state index contributed by atoms with van der Waals surface area (Å²) >= 11 is 1.80. The molecule has 0 saturated heterocycles. The standard InChI is InChI=1S/C33H26BNO2S/c1-33(2)26-15-5-3-12-23(26)24-14-8-17-28(32(24)33)35(22-11-7-10-21(20-22)34(36)37)27-16-9-19-30-31(27)25-13-4-6-18-29(25)38-30/h3-20,36-37H,1-2H3. The average molecular weight is 511 g/mol. The van der Waals surface area contributed by atoms with Crippen molar-refractivity contribution in [3.63, 3.8) is 0 Å². The van der Waals surface area contributed by atoms with Gasteiger partial charge < -0.3 is 14.9 Å². The van der Waals surface area contributed by atoms with Crippen LogP contribution >= 0.6 is 11.3 Å². The number of nitrogens with zero attached hydrogens (tertiary/aromatic N) is 1. The van der Waals surface area contributed by atoms with Crippen molar-refractivity contribution >= 4 is 61.2 Å². The lowest BCUT2D eigenvalue weighted by Gasteiger charge is -2.33. The number of fused-ring (bicyclic) bond motifs is 6. The van der Waals surface area contributed by atoms with Crippen LogP contribution < -0.4 is 10.4 Å². The Labute approximate surface area is 226 Å². The number of thiophene rings is 1. The first-order chi connectivity index (χ1) is 18.4. The van der Waals surface area contributed by atoms with Crippen LogP contribution in [0.15, 0.2) is 109 Å². The van der Waals surface area contributed by atoms with E-state index in [4.69, 9.17) is 0 Å². The molecule has 0 fully saturated rings. The number of hydrogen-bond donors (Lipinski definition) is 2. The first-order valence-electron chi connectivity index (χ1n) is 12.8. The fourth-order valence-electron chi connectivity index (χ4n) is 6.18. The van der Waals surface area contributed by atoms with Gasteiger partial charge in [-0.2, -0.15) is 0 Å². The molecule has 0 unspecified atom stereocenters. The molecule has 38 heavy (non-hydrogen) atoms. The normalized spacial score (nSPS) is 13.5. The van der Waals surface area contributed by atoms with E-state index < -0.39 is 7.12 Å². The Morgan fingerprint density at radius 1 is 0.684 bits per heavy atom. The van der Waals surface area contributed by atoms with Gasteiger partial charge in [0.1, 0.15) is 0 Å². The lowest BCUT2D eigenvalue weighted by Crippen LogP contribution is -2.30. The fraction of sp³-hybridized carbons (Fsp3) is 0.0909. The van der Waals surface area contributed by atoms with Crippen molar-refractivity contribution in [3.05, 3.63) is 120 Å². The Morgan fingerprint density at radius 3 is 2.24 bits per heavy atom. The lowest BCUT2D eigenvalue weighted by atomic mass is 9.79. The van der Waals surface area contributed by atoms with Gasteiger partial charge in [0.25, 0.3) is 0 Å². The van der Waals surface area contributed by atoms with Gasteiger partial charge in [-0.3, -0.25) is 0 Å². The Kier molecular flexibility index (Phi) is 5.24. The molecule has 2 N–H and O–H groups in total. The van der Waals surface area contributed by atoms with Crippen molar-refractivity contribution in [1.82, 2.24) is 0 Å². The number of hydrogen-bond acceptors (Lipinski definition) is 4. The first-order valence-corrected chi connectivity index (χ1v) is 13.7. The van der Waals surface area contributed by atoms with Crippen LogP contribution in [0, 0.1) is 0 Å². The van der Waals surface area contributed by atoms with E-state index in [1.54, 1.807) is 17.4 Å². The molecule has 184 valence electrons. The summed E-state index contributed by atoms with van der Waals surface area (Å²) in [4.78, 5) is 2.31. The highest BCUT2D eigenvalue weighted by atomic mass is 32.1. The van der Waals surface area contributed by atoms with Crippen molar-refractivity contribution in [3.8, 4) is 11.1 Å². The third-order valence-electron chi connectivity index (χ3n) is 7.85. The Balaban J connectivity index is 1.58. The summed E-state index contributed by atoms with van der Waals surface area (Å²) in [6.45, 7) is 4.60. The third-order valence-corrected chi connectivity index (χ3v) is 8.98. The van der Waals surface area contributed by atoms with Gasteiger partial charge in [0, 0.05) is 31.3 Å². The zero-order valence-electron chi connectivity index (χ0n) is 21.2. The zero-order valence-corrected chi connectivity index (χ0v) is 22.0. The molecule has 0 bridgehead atoms. The van der Waals surface area contributed by atoms with Crippen LogP contribution in [-0.2, 0) is 5.41 Å². The second-order valence-corrected chi connectivity index (χ2v) is 11.5. The molecule has 0 amide bonds. The molecule has 1 aliphatic carbocycles. The van der Waals surface area contributed by atoms with Gasteiger partial charge in [-0.05, 0) is 64.1 Å². The monoisotopic (exact) mass is 511 g/mol. The molecule has 5 aromatic carbocycles. The summed E-state index contributed by atoms with van der Waals surface area (Å²) in [7, 11) is -1.54. The molecule has 1 heterocycles. The fourth-order valence-corrected chi connectivity index (χ4v) is 7.31. The molecule has 5 heteroatoms. The van der Waals surface area contributed by atoms with Crippen molar-refractivity contribution in [2.45, 2.75) is 19.3 Å². The molecular weight excluding hydrogens is 485 g/mol. The van der Waals surface area contributed by atoms with E-state index in [1.165, 1.54) is 42.4 Å². The Morgan fingerprint density at radius 2 is 1.37 bits per heavy atom. The Bertz CT molecular complexity index is 1860. The first kappa shape index (κ1) is 23.2. The molecule has 0 saturated carbocycles. The van der Waals surface area contributed by atoms with E-state index in [1.807, 2.05) is 18.2 Å². The van der Waals surface area contributed by atoms with E-state index in [0.717, 1.165) is 17.1 Å². The van der Waals surface area contributed by atoms with E-state index in [9.17, 15) is 10.0 Å². The van der Waals surface area contributed by atoms with Gasteiger partial charge in [0.2, 0.25) is 0 Å². The van der Waals surface area contributed by atoms with Crippen molar-refractivity contribution < 1.29 is 10.0 Å². The summed E-state index contributed by atoms with van der Waals surface area (Å²) in [5.41, 5.74) is 8.42. The predicted molar refractivity (Wildman–Crippen MR) is 161 cm³/mol. The molecule has 0 aliphatic heterocycles. The predicted octanol–water partition coefficient (Wildman–Crippen LogP) is 7.51. The lowest BCUT2D eigenvalue weighted by molar-refractivity contribution is 0.426. The van der Waals surface area contributed by atoms with Gasteiger partial charge in [0.05, 0.1) is 11.4 Å². The van der Waals surface area contributed by atoms with Gasteiger partial charge in [-0.15, -0.1) is 11.3 Å². The maximum absolute atomic E-state index is 10.0. The number of benzene rings is 5. The summed E-state index contributed by atoms with van der Waals surface area (Å²) < 4.78 is 2.47. The molecule has 6 aromatic rings. The van der Waals surface area contributed by atoms with Crippen LogP contribution in [0.3, 0.4) is 0 Å². The quantitative estimate of drug-likeness (QED) is 0.241. The minimum absolute atomic E-state index is 0.209. The minimum Gasteiger partial charge on any atom is -0.423 e. The van der Waals surface area contributed by atoms with Crippen molar-refractivity contribution in [1.29, 1.82) is 0 Å². The molecule has 0 radical (unpaired) electrons. The molecule has 7 rings (SSSR count). The smallest absolute Gasteiger partial charge is 0.423 e. The maximum Gasteiger partial charge on any atom is 0.488 e. The highest BCUT2D eigenvalue weighted by molar-refractivity contribution is 7.26. The summed E-state index contributed by atoms with van der Waals surface area (Å²) in [6.07, 6.45) is 0. The van der Waals surface area contributed by atoms with E-state index in [-0.39, 0.29) is 5.41 Å². The number of rotatable bonds is 4. The summed E-state index contributed by atoms with van der Waals surface area (Å²) in [5.74, 6) is 0. The van der Waals surface area contributed by atoms with Gasteiger partial charge in [-0.1, -0.05) is 86.6 Å². The van der Waals surface area contributed by atoms with E-state index in [2.05, 4.69) is 104 Å². The topological polar surface area (TPSA) is 43.7 Å². The van der Waals surface area contributed by atoms with Crippen LogP contribution in [0.5, 0.6) is 0 Å². The maximum atomic E-state index is 10.0. The average Bonchev–Trinajstić information content (AvgIpc) is 3.43. The van der Waals surface area contributed by atoms with Crippen molar-refractivity contribution in [2.75, 3.05) is 4.90 Å². The zero-order chi connectivity index (χ0) is 26.0. The third kappa shape index (κ3) is 3.36. The number of anilines is 3.